The average Bonchev–Trinajstić information content (AvgIpc) is 3.59. The van der Waals surface area contributed by atoms with Crippen LogP contribution in [0.3, 0.4) is 0 Å². The number of hydrogen-bond donors (Lipinski definition) is 1. The first-order valence-electron chi connectivity index (χ1n) is 17.1. The first-order chi connectivity index (χ1) is 23.4. The van der Waals surface area contributed by atoms with Gasteiger partial charge < -0.3 is 24.8 Å². The van der Waals surface area contributed by atoms with Gasteiger partial charge in [-0.05, 0) is 61.9 Å². The molecule has 48 heavy (non-hydrogen) atoms. The van der Waals surface area contributed by atoms with Crippen molar-refractivity contribution in [2.75, 3.05) is 36.8 Å². The van der Waals surface area contributed by atoms with Gasteiger partial charge in [-0.15, -0.1) is 0 Å². The molecule has 4 atom stereocenters. The van der Waals surface area contributed by atoms with Crippen LogP contribution < -0.4 is 20.1 Å². The number of benzene rings is 1. The van der Waals surface area contributed by atoms with E-state index < -0.39 is 32.5 Å². The molecule has 0 radical (unpaired) electrons. The van der Waals surface area contributed by atoms with Gasteiger partial charge in [0.05, 0.1) is 34.5 Å². The van der Waals surface area contributed by atoms with Gasteiger partial charge >= 0.3 is 6.01 Å². The molecule has 3 aromatic rings. The van der Waals surface area contributed by atoms with Gasteiger partial charge in [-0.25, -0.2) is 4.39 Å². The fourth-order valence-corrected chi connectivity index (χ4v) is 11.5. The molecule has 6 heterocycles. The third-order valence-corrected chi connectivity index (χ3v) is 14.2. The number of pyridine rings is 1. The summed E-state index contributed by atoms with van der Waals surface area (Å²) in [6.07, 6.45) is 9.79. The molecule has 2 aromatic heterocycles. The van der Waals surface area contributed by atoms with Crippen LogP contribution in [0.4, 0.5) is 15.9 Å². The van der Waals surface area contributed by atoms with Crippen LogP contribution in [-0.2, 0) is 23.4 Å². The zero-order valence-electron chi connectivity index (χ0n) is 27.2. The van der Waals surface area contributed by atoms with Gasteiger partial charge in [0.25, 0.3) is 0 Å². The Balaban J connectivity index is 1.14. The van der Waals surface area contributed by atoms with Crippen LogP contribution >= 0.6 is 20.7 Å². The van der Waals surface area contributed by atoms with Crippen LogP contribution in [0.1, 0.15) is 85.7 Å². The Hall–Kier alpha value is -3.41. The molecule has 4 aliphatic heterocycles. The summed E-state index contributed by atoms with van der Waals surface area (Å²) < 4.78 is 35.7. The number of nitrogen functional groups attached to an aromatic ring is 1. The molecule has 3 saturated heterocycles. The van der Waals surface area contributed by atoms with Crippen LogP contribution in [0.25, 0.3) is 0 Å². The zero-order valence-corrected chi connectivity index (χ0v) is 29.4. The van der Waals surface area contributed by atoms with Gasteiger partial charge in [0.2, 0.25) is 0 Å². The van der Waals surface area contributed by atoms with Gasteiger partial charge in [-0.3, -0.25) is 9.88 Å². The van der Waals surface area contributed by atoms with Gasteiger partial charge in [0.15, 0.2) is 0 Å². The summed E-state index contributed by atoms with van der Waals surface area (Å²) in [7, 11) is 0. The van der Waals surface area contributed by atoms with Crippen molar-refractivity contribution in [2.45, 2.75) is 92.2 Å². The maximum Gasteiger partial charge on any atom is 0.324 e. The van der Waals surface area contributed by atoms with E-state index >= 15 is 0 Å². The Morgan fingerprint density at radius 2 is 1.98 bits per heavy atom. The van der Waals surface area contributed by atoms with Crippen molar-refractivity contribution < 1.29 is 18.6 Å². The zero-order chi connectivity index (χ0) is 32.9. The number of fused-ring (bicyclic) bond motifs is 4. The summed E-state index contributed by atoms with van der Waals surface area (Å²) >= 11 is -0.592. The molecular formula is C36H41FIN7O3. The average molecular weight is 766 g/mol. The van der Waals surface area contributed by atoms with Crippen molar-refractivity contribution in [3.05, 3.63) is 64.6 Å². The number of anilines is 2. The maximum atomic E-state index is 14.5. The van der Waals surface area contributed by atoms with Crippen LogP contribution in [0, 0.1) is 11.3 Å². The number of hydrogen-bond acceptors (Lipinski definition) is 10. The highest BCUT2D eigenvalue weighted by Gasteiger charge is 2.48. The first kappa shape index (κ1) is 31.8. The van der Waals surface area contributed by atoms with E-state index in [-0.39, 0.29) is 15.6 Å². The van der Waals surface area contributed by atoms with Crippen LogP contribution in [-0.4, -0.2) is 66.0 Å². The summed E-state index contributed by atoms with van der Waals surface area (Å²) in [6.45, 7) is 5.37. The smallest absolute Gasteiger partial charge is 0.324 e. The van der Waals surface area contributed by atoms with Crippen LogP contribution in [0.2, 0.25) is 0 Å². The van der Waals surface area contributed by atoms with E-state index in [4.69, 9.17) is 29.9 Å². The minimum Gasteiger partial charge on any atom is -0.487 e. The summed E-state index contributed by atoms with van der Waals surface area (Å²) in [5.41, 5.74) is 10.6. The Morgan fingerprint density at radius 1 is 1.12 bits per heavy atom. The van der Waals surface area contributed by atoms with Crippen LogP contribution in [0.5, 0.6) is 11.8 Å². The van der Waals surface area contributed by atoms with E-state index in [9.17, 15) is 9.65 Å². The van der Waals surface area contributed by atoms with Gasteiger partial charge in [-0.2, -0.15) is 15.2 Å². The van der Waals surface area contributed by atoms with E-state index in [1.807, 2.05) is 22.4 Å². The predicted molar refractivity (Wildman–Crippen MR) is 189 cm³/mol. The molecule has 0 saturated carbocycles. The fourth-order valence-electron chi connectivity index (χ4n) is 8.39. The summed E-state index contributed by atoms with van der Waals surface area (Å²) in [6, 6.07) is 10.4. The lowest BCUT2D eigenvalue weighted by Gasteiger charge is -2.44. The van der Waals surface area contributed by atoms with Crippen molar-refractivity contribution in [1.29, 1.82) is 5.26 Å². The summed E-state index contributed by atoms with van der Waals surface area (Å²) in [5, 5.41) is 10.3. The molecule has 1 spiro atoms. The number of nitrogens with zero attached hydrogens (tertiary/aromatic N) is 6. The number of ether oxygens (including phenoxy) is 3. The molecular weight excluding hydrogens is 724 g/mol. The Labute approximate surface area is 290 Å². The lowest BCUT2D eigenvalue weighted by atomic mass is 9.72. The Bertz CT molecular complexity index is 1770. The monoisotopic (exact) mass is 765 g/mol. The van der Waals surface area contributed by atoms with Crippen molar-refractivity contribution in [3.63, 3.8) is 0 Å². The topological polar surface area (TPSA) is 123 Å². The van der Waals surface area contributed by atoms with E-state index in [1.54, 1.807) is 12.4 Å². The highest BCUT2D eigenvalue weighted by Crippen LogP contribution is 2.50. The predicted octanol–water partition coefficient (Wildman–Crippen LogP) is 5.88. The fraction of sp³-hybridized carbons (Fsp3) is 0.528. The van der Waals surface area contributed by atoms with Gasteiger partial charge in [0.1, 0.15) is 39.7 Å². The number of nitrogens with two attached hydrogens (primary N) is 1. The summed E-state index contributed by atoms with van der Waals surface area (Å²) in [4.78, 5) is 18.6. The number of rotatable bonds is 6. The second-order valence-electron chi connectivity index (χ2n) is 13.9. The quantitative estimate of drug-likeness (QED) is 0.141. The third kappa shape index (κ3) is 5.71. The van der Waals surface area contributed by atoms with E-state index in [1.165, 1.54) is 0 Å². The van der Waals surface area contributed by atoms with Crippen LogP contribution in [0.15, 0.2) is 36.7 Å². The van der Waals surface area contributed by atoms with E-state index in [0.29, 0.717) is 56.3 Å². The van der Waals surface area contributed by atoms with E-state index in [0.717, 1.165) is 79.0 Å². The van der Waals surface area contributed by atoms with Crippen molar-refractivity contribution in [1.82, 2.24) is 19.9 Å². The molecule has 3 fully saturated rings. The minimum absolute atomic E-state index is 0.0132. The number of nitriles is 1. The third-order valence-electron chi connectivity index (χ3n) is 10.8. The molecule has 12 heteroatoms. The summed E-state index contributed by atoms with van der Waals surface area (Å²) in [5.74, 6) is 1.87. The second-order valence-corrected chi connectivity index (χ2v) is 17.0. The standard InChI is InChI=1S/C36H41FIN7O3/c1-23-5-2-3-10-35(32-27(23)6-7-30(40)28(32)17-39)16-31-29(21-47-35)33(44-19-26(20-44)48-25-8-12-41-13-9-25)43-34(42-31)46-22-38-36-11-4-14-45(36)18-24(37)15-36/h6-9,12-13,22-24,26H,2-5,10-11,14-16,18-21,40H2,1H3/t23-,24+,35-,36?/m0/s1. The second kappa shape index (κ2) is 12.8. The van der Waals surface area contributed by atoms with Crippen molar-refractivity contribution in [3.8, 4) is 17.8 Å². The molecule has 5 aliphatic rings. The van der Waals surface area contributed by atoms with Crippen molar-refractivity contribution in [2.24, 2.45) is 0 Å². The maximum absolute atomic E-state index is 14.5. The van der Waals surface area contributed by atoms with Gasteiger partial charge in [-0.1, -0.05) is 46.6 Å². The molecule has 1 aliphatic carbocycles. The normalized spacial score (nSPS) is 28.8. The first-order valence-corrected chi connectivity index (χ1v) is 19.4. The largest absolute Gasteiger partial charge is 0.487 e. The van der Waals surface area contributed by atoms with E-state index in [2.05, 4.69) is 33.8 Å². The molecule has 0 bridgehead atoms. The van der Waals surface area contributed by atoms with Gasteiger partial charge in [0, 0.05) is 48.6 Å². The SMILES string of the molecule is C[C@H]1CCCC[C@]2(Cc3nc(OC=IC45CCCN4C[C@H](F)C5)nc(N4CC(Oc5ccncc5)C4)c3CO2)c2c1ccc(N)c2C#N. The van der Waals surface area contributed by atoms with Crippen molar-refractivity contribution >= 4 is 36.4 Å². The highest BCUT2D eigenvalue weighted by atomic mass is 127. The number of alkyl halides is 2. The highest BCUT2D eigenvalue weighted by molar-refractivity contribution is 14.2. The molecule has 8 rings (SSSR count). The minimum atomic E-state index is -0.767. The number of aromatic nitrogens is 3. The lowest BCUT2D eigenvalue weighted by Crippen LogP contribution is -2.55. The molecule has 10 nitrogen and oxygen atoms in total. The molecule has 1 unspecified atom stereocenters. The molecule has 2 N–H and O–H groups in total. The number of halogens is 2. The molecule has 252 valence electrons. The Morgan fingerprint density at radius 3 is 2.81 bits per heavy atom. The lowest BCUT2D eigenvalue weighted by molar-refractivity contribution is -0.0836. The molecule has 0 amide bonds. The molecule has 1 aromatic carbocycles. The Kier molecular flexibility index (Phi) is 8.49.